The largest absolute Gasteiger partial charge is 0.247 e. The zero-order valence-corrected chi connectivity index (χ0v) is 14.2. The summed E-state index contributed by atoms with van der Waals surface area (Å²) in [6, 6.07) is 8.31. The average Bonchev–Trinajstić information content (AvgIpc) is 2.80. The van der Waals surface area contributed by atoms with Crippen LogP contribution in [0.3, 0.4) is 0 Å². The van der Waals surface area contributed by atoms with Crippen LogP contribution < -0.4 is 0 Å². The topological polar surface area (TPSA) is 0 Å². The number of rotatable bonds is 5. The van der Waals surface area contributed by atoms with Gasteiger partial charge in [-0.1, -0.05) is 56.9 Å². The van der Waals surface area contributed by atoms with Crippen LogP contribution >= 0.6 is 12.6 Å². The van der Waals surface area contributed by atoms with Gasteiger partial charge in [0.15, 0.2) is 0 Å². The average molecular weight is 314 g/mol. The number of thiol groups is 1. The number of benzene rings is 1. The van der Waals surface area contributed by atoms with Crippen molar-refractivity contribution in [1.29, 1.82) is 0 Å². The quantitative estimate of drug-likeness (QED) is 0.486. The van der Waals surface area contributed by atoms with E-state index in [1.54, 1.807) is 6.08 Å². The fraction of sp³-hybridized carbons (Fsp3) is 0.300. The molecule has 0 nitrogen and oxygen atoms in total. The highest BCUT2D eigenvalue weighted by molar-refractivity contribution is 7.80. The van der Waals surface area contributed by atoms with Gasteiger partial charge in [0.1, 0.15) is 6.67 Å². The van der Waals surface area contributed by atoms with Crippen molar-refractivity contribution in [1.82, 2.24) is 0 Å². The summed E-state index contributed by atoms with van der Waals surface area (Å²) < 4.78 is 12.3. The molecule has 22 heavy (non-hydrogen) atoms. The summed E-state index contributed by atoms with van der Waals surface area (Å²) in [4.78, 5) is 0.965. The van der Waals surface area contributed by atoms with Crippen LogP contribution in [0.15, 0.2) is 71.2 Å². The first kappa shape index (κ1) is 16.8. The van der Waals surface area contributed by atoms with Gasteiger partial charge in [0.2, 0.25) is 0 Å². The summed E-state index contributed by atoms with van der Waals surface area (Å²) >= 11 is 4.37. The summed E-state index contributed by atoms with van der Waals surface area (Å²) in [6.45, 7) is 8.05. The zero-order valence-electron chi connectivity index (χ0n) is 13.3. The molecule has 1 aromatic carbocycles. The van der Waals surface area contributed by atoms with Crippen molar-refractivity contribution in [3.63, 3.8) is 0 Å². The zero-order chi connectivity index (χ0) is 16.2. The Kier molecular flexibility index (Phi) is 5.47. The Bertz CT molecular complexity index is 630. The minimum absolute atomic E-state index is 0.124. The fourth-order valence-corrected chi connectivity index (χ4v) is 3.24. The van der Waals surface area contributed by atoms with E-state index in [1.165, 1.54) is 22.8 Å². The molecule has 0 atom stereocenters. The molecule has 0 heterocycles. The molecule has 0 amide bonds. The van der Waals surface area contributed by atoms with Crippen molar-refractivity contribution < 1.29 is 4.39 Å². The van der Waals surface area contributed by atoms with Crippen molar-refractivity contribution in [2.75, 3.05) is 6.67 Å². The Morgan fingerprint density at radius 2 is 2.00 bits per heavy atom. The van der Waals surface area contributed by atoms with Crippen LogP contribution in [-0.2, 0) is 0 Å². The predicted molar refractivity (Wildman–Crippen MR) is 97.0 cm³/mol. The maximum absolute atomic E-state index is 12.3. The Balaban J connectivity index is 2.54. The second-order valence-electron chi connectivity index (χ2n) is 6.19. The Morgan fingerprint density at radius 1 is 1.32 bits per heavy atom. The highest BCUT2D eigenvalue weighted by Crippen LogP contribution is 2.50. The summed E-state index contributed by atoms with van der Waals surface area (Å²) in [5.41, 5.74) is 5.12. The first-order valence-corrected chi connectivity index (χ1v) is 8.03. The van der Waals surface area contributed by atoms with Gasteiger partial charge < -0.3 is 0 Å². The molecule has 2 rings (SSSR count). The maximum Gasteiger partial charge on any atom is 0.108 e. The first-order valence-electron chi connectivity index (χ1n) is 7.58. The van der Waals surface area contributed by atoms with E-state index in [9.17, 15) is 4.39 Å². The lowest BCUT2D eigenvalue weighted by Gasteiger charge is -2.24. The van der Waals surface area contributed by atoms with Crippen molar-refractivity contribution >= 4 is 18.2 Å². The van der Waals surface area contributed by atoms with Crippen LogP contribution in [0.2, 0.25) is 0 Å². The summed E-state index contributed by atoms with van der Waals surface area (Å²) in [7, 11) is 0. The molecule has 2 heteroatoms. The number of hydrogen-bond donors (Lipinski definition) is 1. The summed E-state index contributed by atoms with van der Waals surface area (Å²) in [5.74, 6) is 0. The van der Waals surface area contributed by atoms with Crippen LogP contribution in [0, 0.1) is 5.41 Å². The molecule has 0 unspecified atom stereocenters. The van der Waals surface area contributed by atoms with E-state index in [1.807, 2.05) is 24.3 Å². The van der Waals surface area contributed by atoms with E-state index >= 15 is 0 Å². The second-order valence-corrected chi connectivity index (χ2v) is 6.71. The van der Waals surface area contributed by atoms with Crippen molar-refractivity contribution in [3.05, 3.63) is 71.9 Å². The van der Waals surface area contributed by atoms with E-state index in [2.05, 4.69) is 45.2 Å². The second kappa shape index (κ2) is 7.15. The van der Waals surface area contributed by atoms with Gasteiger partial charge in [-0.25, -0.2) is 4.39 Å². The van der Waals surface area contributed by atoms with Crippen molar-refractivity contribution in [2.24, 2.45) is 5.41 Å². The minimum atomic E-state index is -0.443. The monoisotopic (exact) mass is 314 g/mol. The number of hydrogen-bond acceptors (Lipinski definition) is 1. The first-order chi connectivity index (χ1) is 10.5. The molecule has 1 aromatic rings. The van der Waals surface area contributed by atoms with Gasteiger partial charge in [-0.15, -0.1) is 12.6 Å². The molecule has 0 aromatic heterocycles. The van der Waals surface area contributed by atoms with Crippen molar-refractivity contribution in [2.45, 2.75) is 31.6 Å². The van der Waals surface area contributed by atoms with Crippen LogP contribution in [-0.4, -0.2) is 6.67 Å². The highest BCUT2D eigenvalue weighted by Gasteiger charge is 2.33. The van der Waals surface area contributed by atoms with Gasteiger partial charge in [0.25, 0.3) is 0 Å². The molecule has 116 valence electrons. The van der Waals surface area contributed by atoms with Crippen LogP contribution in [0.4, 0.5) is 4.39 Å². The lowest BCUT2D eigenvalue weighted by molar-refractivity contribution is 0.486. The van der Waals surface area contributed by atoms with Gasteiger partial charge in [-0.3, -0.25) is 0 Å². The van der Waals surface area contributed by atoms with Gasteiger partial charge >= 0.3 is 0 Å². The van der Waals surface area contributed by atoms with Crippen molar-refractivity contribution in [3.8, 4) is 0 Å². The van der Waals surface area contributed by atoms with Crippen LogP contribution in [0.1, 0.15) is 32.3 Å². The van der Waals surface area contributed by atoms with E-state index in [4.69, 9.17) is 0 Å². The van der Waals surface area contributed by atoms with E-state index in [-0.39, 0.29) is 5.41 Å². The molecule has 0 spiro atoms. The standard InChI is InChI=1S/C20H23FS/c1-4-15(7-5-6-14-21)18-12-13-20(2,3)19(18)16-8-10-17(22)11-9-16/h4-11,22H,1,12-14H2,2-3H3/b6-5-,15-7+. The van der Waals surface area contributed by atoms with Gasteiger partial charge in [0, 0.05) is 4.90 Å². The van der Waals surface area contributed by atoms with Crippen LogP contribution in [0.25, 0.3) is 5.57 Å². The number of allylic oxidation sites excluding steroid dienone is 7. The third-order valence-corrected chi connectivity index (χ3v) is 4.50. The van der Waals surface area contributed by atoms with Gasteiger partial charge in [0.05, 0.1) is 0 Å². The van der Waals surface area contributed by atoms with Crippen LogP contribution in [0.5, 0.6) is 0 Å². The maximum atomic E-state index is 12.3. The van der Waals surface area contributed by atoms with E-state index in [0.29, 0.717) is 0 Å². The SMILES string of the molecule is C=C/C(=C\C=C/CF)C1=C(c2ccc(S)cc2)C(C)(C)CC1. The molecule has 1 aliphatic rings. The Labute approximate surface area is 138 Å². The number of halogens is 1. The molecule has 0 N–H and O–H groups in total. The minimum Gasteiger partial charge on any atom is -0.247 e. The van der Waals surface area contributed by atoms with E-state index in [0.717, 1.165) is 23.3 Å². The number of alkyl halides is 1. The molecule has 0 saturated carbocycles. The smallest absolute Gasteiger partial charge is 0.108 e. The lowest BCUT2D eigenvalue weighted by Crippen LogP contribution is -2.09. The van der Waals surface area contributed by atoms with Gasteiger partial charge in [-0.2, -0.15) is 0 Å². The molecular formula is C20H23FS. The summed E-state index contributed by atoms with van der Waals surface area (Å²) in [5, 5.41) is 0. The molecule has 0 aliphatic heterocycles. The third-order valence-electron chi connectivity index (χ3n) is 4.20. The Hall–Kier alpha value is -1.54. The third kappa shape index (κ3) is 3.61. The molecular weight excluding hydrogens is 291 g/mol. The lowest BCUT2D eigenvalue weighted by atomic mass is 9.81. The Morgan fingerprint density at radius 3 is 2.59 bits per heavy atom. The van der Waals surface area contributed by atoms with Gasteiger partial charge in [-0.05, 0) is 52.7 Å². The molecule has 0 bridgehead atoms. The molecule has 0 saturated heterocycles. The molecule has 0 fully saturated rings. The fourth-order valence-electron chi connectivity index (χ4n) is 3.09. The molecule has 1 aliphatic carbocycles. The highest BCUT2D eigenvalue weighted by atomic mass is 32.1. The molecule has 0 radical (unpaired) electrons. The normalized spacial score (nSPS) is 18.3. The van der Waals surface area contributed by atoms with E-state index < -0.39 is 6.67 Å². The predicted octanol–water partition coefficient (Wildman–Crippen LogP) is 6.19. The summed E-state index contributed by atoms with van der Waals surface area (Å²) in [6.07, 6.45) is 9.23.